The maximum absolute atomic E-state index is 13.5. The summed E-state index contributed by atoms with van der Waals surface area (Å²) >= 11 is 6.92. The average molecular weight is 451 g/mol. The molecule has 0 N–H and O–H groups in total. The van der Waals surface area contributed by atoms with E-state index in [1.165, 1.54) is 36.4 Å². The van der Waals surface area contributed by atoms with Gasteiger partial charge in [0.15, 0.2) is 14.6 Å². The van der Waals surface area contributed by atoms with Gasteiger partial charge in [0.05, 0.1) is 27.4 Å². The van der Waals surface area contributed by atoms with Crippen LogP contribution in [0.2, 0.25) is 5.02 Å². The summed E-state index contributed by atoms with van der Waals surface area (Å²) < 4.78 is 40.4. The summed E-state index contributed by atoms with van der Waals surface area (Å²) in [7, 11) is -3.51. The van der Waals surface area contributed by atoms with Gasteiger partial charge >= 0.3 is 0 Å². The third kappa shape index (κ3) is 5.12. The fourth-order valence-electron chi connectivity index (χ4n) is 2.71. The predicted octanol–water partition coefficient (Wildman–Crippen LogP) is 3.81. The van der Waals surface area contributed by atoms with E-state index in [4.69, 9.17) is 18.0 Å². The molecule has 29 heavy (non-hydrogen) atoms. The van der Waals surface area contributed by atoms with Crippen LogP contribution in [-0.2, 0) is 21.2 Å². The number of hydrogen-bond donors (Lipinski definition) is 0. The van der Waals surface area contributed by atoms with E-state index < -0.39 is 21.6 Å². The Morgan fingerprint density at radius 2 is 1.97 bits per heavy atom. The average Bonchev–Trinajstić information content (AvgIpc) is 2.98. The molecule has 1 amide bonds. The van der Waals surface area contributed by atoms with Gasteiger partial charge in [-0.2, -0.15) is 4.99 Å². The number of terminal acetylenes is 1. The number of nitrogens with zero attached hydrogens (tertiary/aromatic N) is 2. The summed E-state index contributed by atoms with van der Waals surface area (Å²) in [5, 5.41) is 0.446. The van der Waals surface area contributed by atoms with Crippen molar-refractivity contribution in [1.82, 2.24) is 4.57 Å². The molecule has 3 aromatic rings. The summed E-state index contributed by atoms with van der Waals surface area (Å²) in [5.74, 6) is 1.45. The van der Waals surface area contributed by atoms with Gasteiger partial charge in [0.1, 0.15) is 5.82 Å². The Morgan fingerprint density at radius 1 is 1.24 bits per heavy atom. The van der Waals surface area contributed by atoms with Gasteiger partial charge in [-0.05, 0) is 48.9 Å². The molecule has 150 valence electrons. The van der Waals surface area contributed by atoms with Gasteiger partial charge in [0, 0.05) is 11.4 Å². The first-order valence-electron chi connectivity index (χ1n) is 8.58. The minimum absolute atomic E-state index is 0.0362. The lowest BCUT2D eigenvalue weighted by Crippen LogP contribution is -2.16. The Bertz CT molecular complexity index is 1270. The standard InChI is InChI=1S/C20H16ClFN2O3S2/c1-2-11-24-17-10-7-15(22)13-18(17)28-20(24)23-19(25)4-3-12-29(26,27)16-8-5-14(21)6-9-16/h1,5-10,13H,3-4,11-12H2. The van der Waals surface area contributed by atoms with Crippen molar-refractivity contribution in [3.63, 3.8) is 0 Å². The Labute approximate surface area is 176 Å². The van der Waals surface area contributed by atoms with E-state index in [0.717, 1.165) is 11.3 Å². The molecule has 0 aliphatic carbocycles. The zero-order chi connectivity index (χ0) is 21.0. The fourth-order valence-corrected chi connectivity index (χ4v) is 5.22. The van der Waals surface area contributed by atoms with Crippen LogP contribution < -0.4 is 4.80 Å². The van der Waals surface area contributed by atoms with Gasteiger partial charge in [-0.3, -0.25) is 4.79 Å². The Morgan fingerprint density at radius 3 is 2.66 bits per heavy atom. The van der Waals surface area contributed by atoms with Crippen LogP contribution in [-0.4, -0.2) is 24.6 Å². The minimum Gasteiger partial charge on any atom is -0.305 e. The first-order valence-corrected chi connectivity index (χ1v) is 11.4. The third-order valence-electron chi connectivity index (χ3n) is 4.09. The van der Waals surface area contributed by atoms with Crippen molar-refractivity contribution in [2.24, 2.45) is 4.99 Å². The Balaban J connectivity index is 1.75. The molecule has 1 heterocycles. The molecule has 0 spiro atoms. The second-order valence-electron chi connectivity index (χ2n) is 6.17. The molecule has 2 aromatic carbocycles. The highest BCUT2D eigenvalue weighted by Gasteiger charge is 2.15. The van der Waals surface area contributed by atoms with Crippen molar-refractivity contribution >= 4 is 48.9 Å². The molecule has 9 heteroatoms. The summed E-state index contributed by atoms with van der Waals surface area (Å²) in [6.45, 7) is 0.183. The smallest absolute Gasteiger partial charge is 0.248 e. The molecule has 0 fully saturated rings. The number of aromatic nitrogens is 1. The number of rotatable bonds is 6. The number of carbonyl (C=O) groups is 1. The maximum Gasteiger partial charge on any atom is 0.248 e. The predicted molar refractivity (Wildman–Crippen MR) is 112 cm³/mol. The first-order chi connectivity index (χ1) is 13.8. The second-order valence-corrected chi connectivity index (χ2v) is 9.72. The van der Waals surface area contributed by atoms with Crippen LogP contribution in [0.15, 0.2) is 52.4 Å². The molecule has 0 atom stereocenters. The third-order valence-corrected chi connectivity index (χ3v) is 7.20. The van der Waals surface area contributed by atoms with E-state index in [1.807, 2.05) is 0 Å². The van der Waals surface area contributed by atoms with Crippen molar-refractivity contribution in [2.75, 3.05) is 5.75 Å². The topological polar surface area (TPSA) is 68.5 Å². The number of thiazole rings is 1. The SMILES string of the molecule is C#CCn1c(=NC(=O)CCCS(=O)(=O)c2ccc(Cl)cc2)sc2cc(F)ccc21. The largest absolute Gasteiger partial charge is 0.305 e. The van der Waals surface area contributed by atoms with E-state index >= 15 is 0 Å². The van der Waals surface area contributed by atoms with Crippen molar-refractivity contribution < 1.29 is 17.6 Å². The first kappa shape index (κ1) is 21.2. The molecule has 0 bridgehead atoms. The van der Waals surface area contributed by atoms with Crippen molar-refractivity contribution in [2.45, 2.75) is 24.3 Å². The molecule has 0 saturated carbocycles. The Kier molecular flexibility index (Phi) is 6.52. The van der Waals surface area contributed by atoms with E-state index in [9.17, 15) is 17.6 Å². The summed E-state index contributed by atoms with van der Waals surface area (Å²) in [5.41, 5.74) is 0.686. The molecule has 0 saturated heterocycles. The van der Waals surface area contributed by atoms with Gasteiger partial charge in [-0.1, -0.05) is 28.9 Å². The van der Waals surface area contributed by atoms with E-state index in [1.54, 1.807) is 10.6 Å². The van der Waals surface area contributed by atoms with E-state index in [2.05, 4.69) is 10.9 Å². The summed E-state index contributed by atoms with van der Waals surface area (Å²) in [6.07, 6.45) is 5.48. The van der Waals surface area contributed by atoms with Gasteiger partial charge in [0.2, 0.25) is 5.91 Å². The van der Waals surface area contributed by atoms with Crippen LogP contribution in [0.1, 0.15) is 12.8 Å². The molecule has 1 aromatic heterocycles. The van der Waals surface area contributed by atoms with Crippen LogP contribution in [0.25, 0.3) is 10.2 Å². The van der Waals surface area contributed by atoms with Crippen molar-refractivity contribution in [3.8, 4) is 12.3 Å². The van der Waals surface area contributed by atoms with Crippen LogP contribution in [0.4, 0.5) is 4.39 Å². The van der Waals surface area contributed by atoms with Crippen LogP contribution in [0.5, 0.6) is 0 Å². The van der Waals surface area contributed by atoms with Crippen LogP contribution in [0.3, 0.4) is 0 Å². The number of sulfone groups is 1. The van der Waals surface area contributed by atoms with Gasteiger partial charge in [-0.15, -0.1) is 6.42 Å². The molecular weight excluding hydrogens is 435 g/mol. The van der Waals surface area contributed by atoms with Crippen LogP contribution in [0, 0.1) is 18.2 Å². The molecule has 0 aliphatic heterocycles. The molecule has 3 rings (SSSR count). The fraction of sp³-hybridized carbons (Fsp3) is 0.200. The normalized spacial score (nSPS) is 12.2. The van der Waals surface area contributed by atoms with E-state index in [0.29, 0.717) is 20.0 Å². The number of amides is 1. The van der Waals surface area contributed by atoms with Crippen LogP contribution >= 0.6 is 22.9 Å². The van der Waals surface area contributed by atoms with Crippen molar-refractivity contribution in [1.29, 1.82) is 0 Å². The summed E-state index contributed by atoms with van der Waals surface area (Å²) in [6, 6.07) is 10.1. The molecule has 0 unspecified atom stereocenters. The highest BCUT2D eigenvalue weighted by atomic mass is 35.5. The molecule has 0 radical (unpaired) electrons. The monoisotopic (exact) mass is 450 g/mol. The summed E-state index contributed by atoms with van der Waals surface area (Å²) in [4.78, 5) is 16.8. The lowest BCUT2D eigenvalue weighted by Gasteiger charge is -2.03. The number of fused-ring (bicyclic) bond motifs is 1. The zero-order valence-corrected chi connectivity index (χ0v) is 17.5. The van der Waals surface area contributed by atoms with E-state index in [-0.39, 0.29) is 30.0 Å². The maximum atomic E-state index is 13.5. The number of benzene rings is 2. The van der Waals surface area contributed by atoms with Crippen molar-refractivity contribution in [3.05, 3.63) is 58.1 Å². The van der Waals surface area contributed by atoms with Gasteiger partial charge < -0.3 is 4.57 Å². The highest BCUT2D eigenvalue weighted by Crippen LogP contribution is 2.19. The highest BCUT2D eigenvalue weighted by molar-refractivity contribution is 7.91. The molecular formula is C20H16ClFN2O3S2. The minimum atomic E-state index is -3.51. The second kappa shape index (κ2) is 8.91. The molecule has 5 nitrogen and oxygen atoms in total. The Hall–Kier alpha value is -2.47. The number of halogens is 2. The lowest BCUT2D eigenvalue weighted by atomic mass is 10.3. The zero-order valence-electron chi connectivity index (χ0n) is 15.1. The lowest BCUT2D eigenvalue weighted by molar-refractivity contribution is -0.118. The van der Waals surface area contributed by atoms with Gasteiger partial charge in [0.25, 0.3) is 0 Å². The van der Waals surface area contributed by atoms with Gasteiger partial charge in [-0.25, -0.2) is 12.8 Å². The molecule has 0 aliphatic rings. The number of hydrogen-bond acceptors (Lipinski definition) is 4. The quantitative estimate of drug-likeness (QED) is 0.536. The number of carbonyl (C=O) groups excluding carboxylic acids is 1.